The van der Waals surface area contributed by atoms with Crippen LogP contribution < -0.4 is 5.32 Å². The van der Waals surface area contributed by atoms with Crippen molar-refractivity contribution in [3.05, 3.63) is 79.0 Å². The summed E-state index contributed by atoms with van der Waals surface area (Å²) in [4.78, 5) is 28.7. The number of imidazole rings is 1. The van der Waals surface area contributed by atoms with Crippen LogP contribution in [-0.4, -0.2) is 36.0 Å². The number of fused-ring (bicyclic) bond motifs is 2. The Balaban J connectivity index is 1.44. The van der Waals surface area contributed by atoms with E-state index in [9.17, 15) is 9.18 Å². The number of amides is 1. The van der Waals surface area contributed by atoms with Crippen molar-refractivity contribution in [2.45, 2.75) is 13.3 Å². The molecule has 4 heterocycles. The molecule has 36 heavy (non-hydrogen) atoms. The van der Waals surface area contributed by atoms with E-state index in [0.29, 0.717) is 45.9 Å². The number of anilines is 1. The monoisotopic (exact) mass is 477 g/mol. The van der Waals surface area contributed by atoms with Crippen molar-refractivity contribution >= 4 is 33.7 Å². The molecule has 0 atom stereocenters. The minimum atomic E-state index is -0.306. The summed E-state index contributed by atoms with van der Waals surface area (Å²) in [6.45, 7) is 1.79. The third kappa shape index (κ3) is 3.76. The van der Waals surface area contributed by atoms with Crippen molar-refractivity contribution in [1.82, 2.24) is 30.1 Å². The Morgan fingerprint density at radius 2 is 1.83 bits per heavy atom. The SMILES string of the molecule is CCC(=O)Nc1cncc(-c2cnc3[nH]nc(-c4nc5c(-c6ccccc6F)cccc5[nH]4)c3c2)c1. The second-order valence-corrected chi connectivity index (χ2v) is 8.32. The number of nitrogens with one attached hydrogen (secondary N) is 3. The minimum absolute atomic E-state index is 0.0840. The van der Waals surface area contributed by atoms with E-state index in [1.165, 1.54) is 6.07 Å². The number of halogens is 1. The first-order valence-corrected chi connectivity index (χ1v) is 11.4. The minimum Gasteiger partial charge on any atom is -0.337 e. The molecule has 0 fully saturated rings. The fourth-order valence-electron chi connectivity index (χ4n) is 4.20. The Labute approximate surface area is 204 Å². The van der Waals surface area contributed by atoms with E-state index in [1.54, 1.807) is 43.7 Å². The van der Waals surface area contributed by atoms with Gasteiger partial charge in [0.1, 0.15) is 11.5 Å². The molecule has 0 unspecified atom stereocenters. The summed E-state index contributed by atoms with van der Waals surface area (Å²) >= 11 is 0. The smallest absolute Gasteiger partial charge is 0.224 e. The average Bonchev–Trinajstić information content (AvgIpc) is 3.52. The quantitative estimate of drug-likeness (QED) is 0.294. The summed E-state index contributed by atoms with van der Waals surface area (Å²) in [5.41, 5.74) is 6.04. The number of aromatic amines is 2. The summed E-state index contributed by atoms with van der Waals surface area (Å²) < 4.78 is 14.5. The molecular formula is C27H20FN7O. The number of benzene rings is 2. The van der Waals surface area contributed by atoms with Crippen LogP contribution >= 0.6 is 0 Å². The van der Waals surface area contributed by atoms with Gasteiger partial charge in [-0.3, -0.25) is 14.9 Å². The topological polar surface area (TPSA) is 112 Å². The van der Waals surface area contributed by atoms with Crippen molar-refractivity contribution in [3.63, 3.8) is 0 Å². The Kier molecular flexibility index (Phi) is 5.22. The van der Waals surface area contributed by atoms with E-state index in [0.717, 1.165) is 22.0 Å². The standard InChI is InChI=1S/C27H20FN7O/c1-2-23(36)31-17-10-15(12-29-14-17)16-11-20-25(34-35-26(20)30-13-16)27-32-22-9-5-7-19(24(22)33-27)18-6-3-4-8-21(18)28/h3-14H,2H2,1H3,(H,31,36)(H,32,33)(H,30,34,35). The van der Waals surface area contributed by atoms with Gasteiger partial charge in [0.25, 0.3) is 0 Å². The number of carbonyl (C=O) groups excluding carboxylic acids is 1. The molecule has 0 aliphatic carbocycles. The van der Waals surface area contributed by atoms with Gasteiger partial charge in [0.2, 0.25) is 5.91 Å². The first-order valence-electron chi connectivity index (χ1n) is 11.4. The maximum absolute atomic E-state index is 14.5. The summed E-state index contributed by atoms with van der Waals surface area (Å²) in [6, 6.07) is 16.1. The molecule has 9 heteroatoms. The Morgan fingerprint density at radius 3 is 2.69 bits per heavy atom. The van der Waals surface area contributed by atoms with Crippen LogP contribution in [0.5, 0.6) is 0 Å². The van der Waals surface area contributed by atoms with Crippen molar-refractivity contribution in [2.75, 3.05) is 5.32 Å². The molecule has 0 saturated heterocycles. The maximum atomic E-state index is 14.5. The molecule has 6 rings (SSSR count). The number of H-pyrrole nitrogens is 2. The van der Waals surface area contributed by atoms with Crippen LogP contribution in [0.4, 0.5) is 10.1 Å². The Hall–Kier alpha value is -4.92. The predicted molar refractivity (Wildman–Crippen MR) is 137 cm³/mol. The van der Waals surface area contributed by atoms with Gasteiger partial charge in [-0.25, -0.2) is 14.4 Å². The zero-order valence-corrected chi connectivity index (χ0v) is 19.2. The summed E-state index contributed by atoms with van der Waals surface area (Å²) in [5, 5.41) is 11.0. The van der Waals surface area contributed by atoms with Gasteiger partial charge in [0.15, 0.2) is 11.5 Å². The van der Waals surface area contributed by atoms with Crippen LogP contribution in [0.2, 0.25) is 0 Å². The first-order chi connectivity index (χ1) is 17.6. The molecule has 3 N–H and O–H groups in total. The summed E-state index contributed by atoms with van der Waals surface area (Å²) in [6.07, 6.45) is 5.42. The second-order valence-electron chi connectivity index (χ2n) is 8.32. The molecule has 1 amide bonds. The van der Waals surface area contributed by atoms with Gasteiger partial charge in [0, 0.05) is 41.1 Å². The van der Waals surface area contributed by atoms with Gasteiger partial charge in [0.05, 0.1) is 28.3 Å². The zero-order valence-electron chi connectivity index (χ0n) is 19.2. The second kappa shape index (κ2) is 8.70. The lowest BCUT2D eigenvalue weighted by molar-refractivity contribution is -0.115. The third-order valence-electron chi connectivity index (χ3n) is 5.99. The molecule has 0 spiro atoms. The van der Waals surface area contributed by atoms with E-state index in [4.69, 9.17) is 4.98 Å². The van der Waals surface area contributed by atoms with Gasteiger partial charge in [-0.1, -0.05) is 37.3 Å². The number of pyridine rings is 2. The van der Waals surface area contributed by atoms with Crippen LogP contribution in [0.1, 0.15) is 13.3 Å². The first kappa shape index (κ1) is 21.6. The van der Waals surface area contributed by atoms with Crippen molar-refractivity contribution in [3.8, 4) is 33.8 Å². The summed E-state index contributed by atoms with van der Waals surface area (Å²) in [5.74, 6) is 0.153. The molecule has 0 aliphatic heterocycles. The number of aromatic nitrogens is 6. The molecule has 0 bridgehead atoms. The average molecular weight is 478 g/mol. The van der Waals surface area contributed by atoms with Crippen molar-refractivity contribution in [1.29, 1.82) is 0 Å². The number of para-hydroxylation sites is 1. The number of carbonyl (C=O) groups is 1. The highest BCUT2D eigenvalue weighted by Gasteiger charge is 2.17. The van der Waals surface area contributed by atoms with E-state index in [2.05, 4.69) is 30.5 Å². The lowest BCUT2D eigenvalue weighted by atomic mass is 10.0. The van der Waals surface area contributed by atoms with Crippen LogP contribution in [0.25, 0.3) is 55.8 Å². The molecule has 4 aromatic heterocycles. The molecule has 8 nitrogen and oxygen atoms in total. The van der Waals surface area contributed by atoms with Crippen molar-refractivity contribution in [2.24, 2.45) is 0 Å². The van der Waals surface area contributed by atoms with E-state index in [1.807, 2.05) is 30.3 Å². The largest absolute Gasteiger partial charge is 0.337 e. The van der Waals surface area contributed by atoms with Crippen LogP contribution in [0.3, 0.4) is 0 Å². The molecule has 0 saturated carbocycles. The zero-order chi connectivity index (χ0) is 24.6. The fourth-order valence-corrected chi connectivity index (χ4v) is 4.20. The van der Waals surface area contributed by atoms with E-state index >= 15 is 0 Å². The van der Waals surface area contributed by atoms with Gasteiger partial charge in [-0.2, -0.15) is 5.10 Å². The summed E-state index contributed by atoms with van der Waals surface area (Å²) in [7, 11) is 0. The van der Waals surface area contributed by atoms with Gasteiger partial charge in [-0.15, -0.1) is 0 Å². The Morgan fingerprint density at radius 1 is 1.00 bits per heavy atom. The number of rotatable bonds is 5. The molecule has 0 radical (unpaired) electrons. The highest BCUT2D eigenvalue weighted by molar-refractivity contribution is 5.97. The van der Waals surface area contributed by atoms with Crippen LogP contribution in [0, 0.1) is 5.82 Å². The lowest BCUT2D eigenvalue weighted by Crippen LogP contribution is -2.09. The highest BCUT2D eigenvalue weighted by Crippen LogP contribution is 2.33. The molecule has 176 valence electrons. The molecule has 0 aliphatic rings. The predicted octanol–water partition coefficient (Wildman–Crippen LogP) is 5.72. The van der Waals surface area contributed by atoms with Gasteiger partial charge >= 0.3 is 0 Å². The number of hydrogen-bond donors (Lipinski definition) is 3. The van der Waals surface area contributed by atoms with E-state index in [-0.39, 0.29) is 11.7 Å². The molecule has 6 aromatic rings. The molecular weight excluding hydrogens is 457 g/mol. The number of hydrogen-bond acceptors (Lipinski definition) is 5. The van der Waals surface area contributed by atoms with Crippen LogP contribution in [0.15, 0.2) is 73.2 Å². The molecule has 2 aromatic carbocycles. The fraction of sp³-hybridized carbons (Fsp3) is 0.0741. The van der Waals surface area contributed by atoms with E-state index < -0.39 is 0 Å². The van der Waals surface area contributed by atoms with Gasteiger partial charge < -0.3 is 10.3 Å². The normalized spacial score (nSPS) is 11.3. The lowest BCUT2D eigenvalue weighted by Gasteiger charge is -2.06. The number of nitrogens with zero attached hydrogens (tertiary/aromatic N) is 4. The third-order valence-corrected chi connectivity index (χ3v) is 5.99. The highest BCUT2D eigenvalue weighted by atomic mass is 19.1. The van der Waals surface area contributed by atoms with Crippen LogP contribution in [-0.2, 0) is 4.79 Å². The maximum Gasteiger partial charge on any atom is 0.224 e. The van der Waals surface area contributed by atoms with Crippen molar-refractivity contribution < 1.29 is 9.18 Å². The van der Waals surface area contributed by atoms with Gasteiger partial charge in [-0.05, 0) is 24.3 Å². The Bertz CT molecular complexity index is 1750.